The summed E-state index contributed by atoms with van der Waals surface area (Å²) in [5, 5.41) is 13.1. The van der Waals surface area contributed by atoms with Gasteiger partial charge in [0.05, 0.1) is 11.2 Å². The van der Waals surface area contributed by atoms with Crippen LogP contribution in [-0.4, -0.2) is 36.9 Å². The van der Waals surface area contributed by atoms with Gasteiger partial charge in [-0.1, -0.05) is 11.5 Å². The molecule has 1 aliphatic heterocycles. The minimum absolute atomic E-state index is 0.571. The quantitative estimate of drug-likeness (QED) is 0.681. The topological polar surface area (TPSA) is 41.5 Å². The zero-order valence-corrected chi connectivity index (χ0v) is 10.1. The van der Waals surface area contributed by atoms with Gasteiger partial charge in [0.2, 0.25) is 0 Å². The maximum atomic E-state index is 9.90. The number of rotatable bonds is 4. The summed E-state index contributed by atoms with van der Waals surface area (Å²) in [5.74, 6) is 0. The third-order valence-corrected chi connectivity index (χ3v) is 3.08. The Morgan fingerprint density at radius 1 is 1.40 bits per heavy atom. The predicted molar refractivity (Wildman–Crippen MR) is 62.8 cm³/mol. The molecule has 0 aromatic carbocycles. The lowest BCUT2D eigenvalue weighted by atomic mass is 9.80. The van der Waals surface area contributed by atoms with Crippen LogP contribution in [0.4, 0.5) is 0 Å². The van der Waals surface area contributed by atoms with Gasteiger partial charge in [0, 0.05) is 6.54 Å². The summed E-state index contributed by atoms with van der Waals surface area (Å²) < 4.78 is 5.66. The average Bonchev–Trinajstić information content (AvgIpc) is 2.15. The van der Waals surface area contributed by atoms with Crippen LogP contribution in [0.3, 0.4) is 0 Å². The molecular formula is C11H21BNO2. The largest absolute Gasteiger partial charge is 0.427 e. The monoisotopic (exact) mass is 210 g/mol. The first-order valence-electron chi connectivity index (χ1n) is 5.46. The van der Waals surface area contributed by atoms with Crippen LogP contribution in [-0.2, 0) is 4.65 Å². The second-order valence-electron chi connectivity index (χ2n) is 5.04. The maximum Gasteiger partial charge on any atom is 0.326 e. The van der Waals surface area contributed by atoms with E-state index >= 15 is 0 Å². The Morgan fingerprint density at radius 3 is 2.53 bits per heavy atom. The van der Waals surface area contributed by atoms with Gasteiger partial charge in [0.25, 0.3) is 0 Å². The van der Waals surface area contributed by atoms with E-state index in [-0.39, 0.29) is 0 Å². The summed E-state index contributed by atoms with van der Waals surface area (Å²) in [6.07, 6.45) is 3.10. The van der Waals surface area contributed by atoms with Crippen LogP contribution in [0.5, 0.6) is 0 Å². The zero-order chi connectivity index (χ0) is 11.5. The molecule has 2 N–H and O–H groups in total. The summed E-state index contributed by atoms with van der Waals surface area (Å²) in [6, 6.07) is 0. The molecule has 1 heterocycles. The highest BCUT2D eigenvalue weighted by molar-refractivity contribution is 6.38. The Morgan fingerprint density at radius 2 is 2.07 bits per heavy atom. The van der Waals surface area contributed by atoms with Crippen molar-refractivity contribution in [1.82, 2.24) is 5.32 Å². The molecule has 0 atom stereocenters. The van der Waals surface area contributed by atoms with Crippen LogP contribution in [0.1, 0.15) is 34.1 Å². The second kappa shape index (κ2) is 4.68. The highest BCUT2D eigenvalue weighted by Gasteiger charge is 2.35. The zero-order valence-electron chi connectivity index (χ0n) is 10.1. The van der Waals surface area contributed by atoms with Crippen molar-refractivity contribution in [3.63, 3.8) is 0 Å². The molecule has 1 aliphatic rings. The van der Waals surface area contributed by atoms with Crippen molar-refractivity contribution >= 4 is 7.48 Å². The minimum Gasteiger partial charge on any atom is -0.427 e. The number of hydrogen-bond donors (Lipinski definition) is 2. The molecular weight excluding hydrogens is 189 g/mol. The van der Waals surface area contributed by atoms with Crippen molar-refractivity contribution in [2.45, 2.75) is 45.3 Å². The first kappa shape index (κ1) is 12.8. The standard InChI is InChI=1S/C11H21BNO2/c1-10(2,14)11(3,4)15-12-9-5-7-13-8-6-9/h5,13-14H,6-8H2,1-4H3. The summed E-state index contributed by atoms with van der Waals surface area (Å²) in [7, 11) is 1.78. The molecule has 0 bridgehead atoms. The van der Waals surface area contributed by atoms with Gasteiger partial charge >= 0.3 is 7.48 Å². The van der Waals surface area contributed by atoms with E-state index in [1.807, 2.05) is 13.8 Å². The smallest absolute Gasteiger partial charge is 0.326 e. The van der Waals surface area contributed by atoms with Gasteiger partial charge < -0.3 is 15.1 Å². The highest BCUT2D eigenvalue weighted by Crippen LogP contribution is 2.25. The van der Waals surface area contributed by atoms with Crippen molar-refractivity contribution in [3.05, 3.63) is 11.5 Å². The van der Waals surface area contributed by atoms with E-state index in [2.05, 4.69) is 11.4 Å². The summed E-state index contributed by atoms with van der Waals surface area (Å²) in [5.41, 5.74) is -0.221. The Balaban J connectivity index is 2.45. The lowest BCUT2D eigenvalue weighted by Crippen LogP contribution is -2.48. The summed E-state index contributed by atoms with van der Waals surface area (Å²) in [6.45, 7) is 9.21. The van der Waals surface area contributed by atoms with E-state index in [4.69, 9.17) is 4.65 Å². The molecule has 0 unspecified atom stereocenters. The van der Waals surface area contributed by atoms with Crippen LogP contribution in [0.15, 0.2) is 11.5 Å². The molecule has 0 spiro atoms. The molecule has 0 amide bonds. The fraction of sp³-hybridized carbons (Fsp3) is 0.818. The lowest BCUT2D eigenvalue weighted by Gasteiger charge is -2.38. The van der Waals surface area contributed by atoms with E-state index in [1.165, 1.54) is 5.47 Å². The Hall–Kier alpha value is -0.315. The van der Waals surface area contributed by atoms with Gasteiger partial charge in [0.15, 0.2) is 0 Å². The van der Waals surface area contributed by atoms with Crippen molar-refractivity contribution in [2.75, 3.05) is 13.1 Å². The Labute approximate surface area is 93.2 Å². The van der Waals surface area contributed by atoms with Crippen molar-refractivity contribution < 1.29 is 9.76 Å². The van der Waals surface area contributed by atoms with E-state index in [1.54, 1.807) is 21.3 Å². The third-order valence-electron chi connectivity index (χ3n) is 3.08. The van der Waals surface area contributed by atoms with Crippen molar-refractivity contribution in [3.8, 4) is 0 Å². The average molecular weight is 210 g/mol. The first-order valence-corrected chi connectivity index (χ1v) is 5.46. The number of aliphatic hydroxyl groups is 1. The molecule has 3 nitrogen and oxygen atoms in total. The second-order valence-corrected chi connectivity index (χ2v) is 5.04. The van der Waals surface area contributed by atoms with Crippen LogP contribution >= 0.6 is 0 Å². The van der Waals surface area contributed by atoms with Gasteiger partial charge in [0.1, 0.15) is 0 Å². The Kier molecular flexibility index (Phi) is 3.98. The van der Waals surface area contributed by atoms with E-state index in [9.17, 15) is 5.11 Å². The SMILES string of the molecule is CC(C)(O)C(C)(C)O[B]C1=CCNCC1. The molecule has 0 fully saturated rings. The lowest BCUT2D eigenvalue weighted by molar-refractivity contribution is -0.0897. The molecule has 4 heteroatoms. The molecule has 85 valence electrons. The summed E-state index contributed by atoms with van der Waals surface area (Å²) >= 11 is 0. The van der Waals surface area contributed by atoms with Gasteiger partial charge in [-0.2, -0.15) is 0 Å². The first-order chi connectivity index (χ1) is 6.83. The highest BCUT2D eigenvalue weighted by atomic mass is 16.5. The van der Waals surface area contributed by atoms with Gasteiger partial charge in [-0.15, -0.1) is 0 Å². The molecule has 1 radical (unpaired) electrons. The summed E-state index contributed by atoms with van der Waals surface area (Å²) in [4.78, 5) is 0. The molecule has 0 saturated carbocycles. The molecule has 0 aliphatic carbocycles. The van der Waals surface area contributed by atoms with Crippen molar-refractivity contribution in [2.24, 2.45) is 0 Å². The predicted octanol–water partition coefficient (Wildman–Crippen LogP) is 1.05. The normalized spacial score (nSPS) is 18.6. The maximum absolute atomic E-state index is 9.90. The fourth-order valence-electron chi connectivity index (χ4n) is 1.11. The van der Waals surface area contributed by atoms with Crippen LogP contribution in [0, 0.1) is 0 Å². The van der Waals surface area contributed by atoms with Gasteiger partial charge in [-0.05, 0) is 40.7 Å². The minimum atomic E-state index is -0.850. The fourth-order valence-corrected chi connectivity index (χ4v) is 1.11. The van der Waals surface area contributed by atoms with E-state index in [0.29, 0.717) is 0 Å². The van der Waals surface area contributed by atoms with Crippen molar-refractivity contribution in [1.29, 1.82) is 0 Å². The number of hydrogen-bond acceptors (Lipinski definition) is 3. The van der Waals surface area contributed by atoms with Crippen LogP contribution < -0.4 is 5.32 Å². The Bertz CT molecular complexity index is 243. The molecule has 0 aromatic heterocycles. The van der Waals surface area contributed by atoms with E-state index < -0.39 is 11.2 Å². The molecule has 0 saturated heterocycles. The van der Waals surface area contributed by atoms with Gasteiger partial charge in [-0.3, -0.25) is 0 Å². The number of nitrogens with one attached hydrogen (secondary N) is 1. The van der Waals surface area contributed by atoms with Crippen LogP contribution in [0.2, 0.25) is 0 Å². The third kappa shape index (κ3) is 3.63. The molecule has 0 aromatic rings. The van der Waals surface area contributed by atoms with Crippen LogP contribution in [0.25, 0.3) is 0 Å². The van der Waals surface area contributed by atoms with E-state index in [0.717, 1.165) is 19.5 Å². The van der Waals surface area contributed by atoms with Gasteiger partial charge in [-0.25, -0.2) is 0 Å². The molecule has 1 rings (SSSR count). The molecule has 15 heavy (non-hydrogen) atoms.